The molecule has 0 bridgehead atoms. The van der Waals surface area contributed by atoms with Crippen LogP contribution >= 0.6 is 0 Å². The third-order valence-electron chi connectivity index (χ3n) is 2.88. The van der Waals surface area contributed by atoms with Gasteiger partial charge in [-0.3, -0.25) is 4.79 Å². The Balaban J connectivity index is 1.78. The molecule has 1 fully saturated rings. The van der Waals surface area contributed by atoms with E-state index in [1.807, 2.05) is 6.07 Å². The van der Waals surface area contributed by atoms with Crippen LogP contribution in [0.1, 0.15) is 25.3 Å². The number of nitrogens with one attached hydrogen (secondary N) is 2. The van der Waals surface area contributed by atoms with E-state index in [9.17, 15) is 4.79 Å². The van der Waals surface area contributed by atoms with Gasteiger partial charge < -0.3 is 19.9 Å². The minimum absolute atomic E-state index is 0.117. The number of amides is 1. The maximum atomic E-state index is 11.8. The summed E-state index contributed by atoms with van der Waals surface area (Å²) >= 11 is 0. The number of hydrogen-bond acceptors (Lipinski definition) is 5. The quantitative estimate of drug-likeness (QED) is 0.811. The SMILES string of the molecule is CC(C)Cc1cc(CNC(=O)C2CNCCO2)on1. The van der Waals surface area contributed by atoms with Crippen LogP contribution in [-0.2, 0) is 22.5 Å². The summed E-state index contributed by atoms with van der Waals surface area (Å²) in [6.45, 7) is 6.53. The van der Waals surface area contributed by atoms with Crippen LogP contribution in [0.3, 0.4) is 0 Å². The summed E-state index contributed by atoms with van der Waals surface area (Å²) in [7, 11) is 0. The van der Waals surface area contributed by atoms with Gasteiger partial charge in [0.15, 0.2) is 5.76 Å². The van der Waals surface area contributed by atoms with Crippen LogP contribution in [0, 0.1) is 5.92 Å². The highest BCUT2D eigenvalue weighted by molar-refractivity contribution is 5.81. The molecule has 1 aromatic rings. The van der Waals surface area contributed by atoms with Gasteiger partial charge in [0.25, 0.3) is 5.91 Å². The van der Waals surface area contributed by atoms with Gasteiger partial charge >= 0.3 is 0 Å². The lowest BCUT2D eigenvalue weighted by Crippen LogP contribution is -2.47. The monoisotopic (exact) mass is 267 g/mol. The molecule has 1 aliphatic rings. The number of morpholine rings is 1. The highest BCUT2D eigenvalue weighted by Crippen LogP contribution is 2.09. The summed E-state index contributed by atoms with van der Waals surface area (Å²) in [5, 5.41) is 9.89. The maximum absolute atomic E-state index is 11.8. The van der Waals surface area contributed by atoms with Crippen LogP contribution < -0.4 is 10.6 Å². The Hall–Kier alpha value is -1.40. The van der Waals surface area contributed by atoms with Crippen LogP contribution in [0.4, 0.5) is 0 Å². The smallest absolute Gasteiger partial charge is 0.250 e. The normalized spacial score (nSPS) is 19.6. The molecule has 106 valence electrons. The number of ether oxygens (including phenoxy) is 1. The Morgan fingerprint density at radius 3 is 3.16 bits per heavy atom. The molecule has 1 atom stereocenters. The Bertz CT molecular complexity index is 411. The number of nitrogens with zero attached hydrogens (tertiary/aromatic N) is 1. The molecule has 0 saturated carbocycles. The second kappa shape index (κ2) is 6.68. The molecule has 1 aliphatic heterocycles. The summed E-state index contributed by atoms with van der Waals surface area (Å²) in [5.74, 6) is 1.09. The summed E-state index contributed by atoms with van der Waals surface area (Å²) in [5.41, 5.74) is 0.926. The largest absolute Gasteiger partial charge is 0.366 e. The van der Waals surface area contributed by atoms with Gasteiger partial charge in [-0.2, -0.15) is 0 Å². The first kappa shape index (κ1) is 14.0. The summed E-state index contributed by atoms with van der Waals surface area (Å²) in [6, 6.07) is 1.89. The van der Waals surface area contributed by atoms with Gasteiger partial charge in [-0.05, 0) is 12.3 Å². The van der Waals surface area contributed by atoms with Crippen LogP contribution in [0.25, 0.3) is 0 Å². The Kier molecular flexibility index (Phi) is 4.93. The van der Waals surface area contributed by atoms with Crippen LogP contribution in [0.2, 0.25) is 0 Å². The molecule has 2 N–H and O–H groups in total. The van der Waals surface area contributed by atoms with Crippen LogP contribution in [0.15, 0.2) is 10.6 Å². The van der Waals surface area contributed by atoms with Crippen molar-refractivity contribution in [3.05, 3.63) is 17.5 Å². The molecular formula is C13H21N3O3. The van der Waals surface area contributed by atoms with Gasteiger partial charge in [-0.1, -0.05) is 19.0 Å². The van der Waals surface area contributed by atoms with Crippen molar-refractivity contribution in [2.75, 3.05) is 19.7 Å². The lowest BCUT2D eigenvalue weighted by molar-refractivity contribution is -0.134. The highest BCUT2D eigenvalue weighted by atomic mass is 16.5. The first-order valence-electron chi connectivity index (χ1n) is 6.69. The minimum atomic E-state index is -0.410. The van der Waals surface area contributed by atoms with E-state index >= 15 is 0 Å². The zero-order valence-corrected chi connectivity index (χ0v) is 11.4. The molecular weight excluding hydrogens is 246 g/mol. The Morgan fingerprint density at radius 1 is 1.63 bits per heavy atom. The first-order chi connectivity index (χ1) is 9.15. The molecule has 1 saturated heterocycles. The zero-order chi connectivity index (χ0) is 13.7. The van der Waals surface area contributed by atoms with E-state index in [4.69, 9.17) is 9.26 Å². The van der Waals surface area contributed by atoms with Crippen LogP contribution in [-0.4, -0.2) is 36.9 Å². The number of carbonyl (C=O) groups is 1. The predicted octanol–water partition coefficient (Wildman–Crippen LogP) is 0.478. The molecule has 6 nitrogen and oxygen atoms in total. The molecule has 1 amide bonds. The topological polar surface area (TPSA) is 76.4 Å². The number of carbonyl (C=O) groups excluding carboxylic acids is 1. The Labute approximate surface area is 112 Å². The maximum Gasteiger partial charge on any atom is 0.250 e. The fourth-order valence-corrected chi connectivity index (χ4v) is 1.98. The Morgan fingerprint density at radius 2 is 2.47 bits per heavy atom. The minimum Gasteiger partial charge on any atom is -0.366 e. The predicted molar refractivity (Wildman–Crippen MR) is 69.5 cm³/mol. The highest BCUT2D eigenvalue weighted by Gasteiger charge is 2.21. The van der Waals surface area contributed by atoms with Crippen molar-refractivity contribution in [2.45, 2.75) is 32.9 Å². The standard InChI is InChI=1S/C13H21N3O3/c1-9(2)5-10-6-11(19-16-10)7-15-13(17)12-8-14-3-4-18-12/h6,9,12,14H,3-5,7-8H2,1-2H3,(H,15,17). The van der Waals surface area contributed by atoms with E-state index in [1.54, 1.807) is 0 Å². The van der Waals surface area contributed by atoms with Crippen molar-refractivity contribution in [3.8, 4) is 0 Å². The molecule has 2 rings (SSSR count). The lowest BCUT2D eigenvalue weighted by Gasteiger charge is -2.22. The molecule has 6 heteroatoms. The van der Waals surface area contributed by atoms with E-state index in [-0.39, 0.29) is 5.91 Å². The summed E-state index contributed by atoms with van der Waals surface area (Å²) < 4.78 is 10.5. The average molecular weight is 267 g/mol. The molecule has 0 radical (unpaired) electrons. The molecule has 1 aromatic heterocycles. The number of rotatable bonds is 5. The van der Waals surface area contributed by atoms with E-state index in [0.717, 1.165) is 18.7 Å². The van der Waals surface area contributed by atoms with Gasteiger partial charge in [-0.25, -0.2) is 0 Å². The second-order valence-corrected chi connectivity index (χ2v) is 5.16. The molecule has 19 heavy (non-hydrogen) atoms. The van der Waals surface area contributed by atoms with Gasteiger partial charge in [0, 0.05) is 19.2 Å². The van der Waals surface area contributed by atoms with Crippen molar-refractivity contribution in [1.82, 2.24) is 15.8 Å². The third-order valence-corrected chi connectivity index (χ3v) is 2.88. The third kappa shape index (κ3) is 4.33. The van der Waals surface area contributed by atoms with Crippen molar-refractivity contribution in [3.63, 3.8) is 0 Å². The van der Waals surface area contributed by atoms with Crippen molar-refractivity contribution in [2.24, 2.45) is 5.92 Å². The molecule has 2 heterocycles. The summed E-state index contributed by atoms with van der Waals surface area (Å²) in [6.07, 6.45) is 0.472. The molecule has 0 aromatic carbocycles. The van der Waals surface area contributed by atoms with Gasteiger partial charge in [0.2, 0.25) is 0 Å². The van der Waals surface area contributed by atoms with Crippen molar-refractivity contribution in [1.29, 1.82) is 0 Å². The fourth-order valence-electron chi connectivity index (χ4n) is 1.98. The van der Waals surface area contributed by atoms with E-state index in [1.165, 1.54) is 0 Å². The van der Waals surface area contributed by atoms with E-state index in [0.29, 0.717) is 31.4 Å². The first-order valence-corrected chi connectivity index (χ1v) is 6.69. The van der Waals surface area contributed by atoms with Gasteiger partial charge in [-0.15, -0.1) is 0 Å². The van der Waals surface area contributed by atoms with Gasteiger partial charge in [0.05, 0.1) is 18.8 Å². The molecule has 0 spiro atoms. The summed E-state index contributed by atoms with van der Waals surface area (Å²) in [4.78, 5) is 11.8. The molecule has 1 unspecified atom stereocenters. The van der Waals surface area contributed by atoms with Crippen LogP contribution in [0.5, 0.6) is 0 Å². The second-order valence-electron chi connectivity index (χ2n) is 5.16. The fraction of sp³-hybridized carbons (Fsp3) is 0.692. The van der Waals surface area contributed by atoms with Gasteiger partial charge in [0.1, 0.15) is 6.10 Å². The van der Waals surface area contributed by atoms with E-state index < -0.39 is 6.10 Å². The number of aromatic nitrogens is 1. The average Bonchev–Trinajstić information content (AvgIpc) is 2.84. The number of hydrogen-bond donors (Lipinski definition) is 2. The van der Waals surface area contributed by atoms with Crippen molar-refractivity contribution < 1.29 is 14.1 Å². The zero-order valence-electron chi connectivity index (χ0n) is 11.4. The molecule has 0 aliphatic carbocycles. The lowest BCUT2D eigenvalue weighted by atomic mass is 10.1. The van der Waals surface area contributed by atoms with E-state index in [2.05, 4.69) is 29.6 Å². The van der Waals surface area contributed by atoms with Crippen molar-refractivity contribution >= 4 is 5.91 Å².